The predicted octanol–water partition coefficient (Wildman–Crippen LogP) is 13.3. The first-order valence-electron chi connectivity index (χ1n) is 18.2. The van der Waals surface area contributed by atoms with Gasteiger partial charge in [-0.05, 0) is 93.5 Å². The van der Waals surface area contributed by atoms with Crippen molar-refractivity contribution >= 4 is 45.2 Å². The van der Waals surface area contributed by atoms with Gasteiger partial charge in [-0.25, -0.2) is 0 Å². The molecule has 6 heteroatoms. The Hall–Kier alpha value is -3.18. The topological polar surface area (TPSA) is 66.0 Å². The number of ether oxygens (including phenoxy) is 2. The second-order valence-corrected chi connectivity index (χ2v) is 13.0. The van der Waals surface area contributed by atoms with Crippen molar-refractivity contribution in [3.05, 3.63) is 95.1 Å². The van der Waals surface area contributed by atoms with Crippen LogP contribution in [0.4, 0.5) is 0 Å². The van der Waals surface area contributed by atoms with Gasteiger partial charge in [0.15, 0.2) is 0 Å². The summed E-state index contributed by atoms with van der Waals surface area (Å²) in [7, 11) is 0. The van der Waals surface area contributed by atoms with Crippen molar-refractivity contribution in [3.8, 4) is 43.3 Å². The number of hydrogen-bond donors (Lipinski definition) is 0. The van der Waals surface area contributed by atoms with Gasteiger partial charge in [-0.2, -0.15) is 10.5 Å². The zero-order valence-corrected chi connectivity index (χ0v) is 34.4. The zero-order chi connectivity index (χ0) is 36.3. The third-order valence-electron chi connectivity index (χ3n) is 7.77. The minimum absolute atomic E-state index is 0.680. The SMILES string of the molecule is CCCCCCCCCCOc1ccc(C#N)cc1.CCCCCCCCCCOc1ccc(C#N)cc1.IC#Cc1ccc(C#CI)cc1. The fourth-order valence-corrected chi connectivity index (χ4v) is 5.47. The van der Waals surface area contributed by atoms with Gasteiger partial charge < -0.3 is 9.47 Å². The molecular formula is C44H54I2N2O2. The van der Waals surface area contributed by atoms with Gasteiger partial charge >= 0.3 is 0 Å². The van der Waals surface area contributed by atoms with Crippen LogP contribution in [0.2, 0.25) is 0 Å². The van der Waals surface area contributed by atoms with E-state index in [1.807, 2.05) is 93.7 Å². The summed E-state index contributed by atoms with van der Waals surface area (Å²) in [5.41, 5.74) is 3.42. The molecule has 0 spiro atoms. The summed E-state index contributed by atoms with van der Waals surface area (Å²) < 4.78 is 16.9. The summed E-state index contributed by atoms with van der Waals surface area (Å²) in [5.74, 6) is 7.65. The maximum atomic E-state index is 8.69. The van der Waals surface area contributed by atoms with E-state index in [0.717, 1.165) is 48.7 Å². The second kappa shape index (κ2) is 33.0. The Balaban J connectivity index is 0.000000385. The van der Waals surface area contributed by atoms with Crippen LogP contribution in [0.5, 0.6) is 11.5 Å². The van der Waals surface area contributed by atoms with Gasteiger partial charge in [0.05, 0.1) is 36.5 Å². The predicted molar refractivity (Wildman–Crippen MR) is 227 cm³/mol. The fourth-order valence-electron chi connectivity index (χ4n) is 4.85. The first-order valence-corrected chi connectivity index (χ1v) is 20.3. The Kier molecular flexibility index (Phi) is 29.6. The summed E-state index contributed by atoms with van der Waals surface area (Å²) in [6.07, 6.45) is 21.0. The van der Waals surface area contributed by atoms with Crippen LogP contribution >= 0.6 is 45.2 Å². The number of hydrogen-bond acceptors (Lipinski definition) is 4. The number of rotatable bonds is 20. The van der Waals surface area contributed by atoms with Crippen molar-refractivity contribution in [2.24, 2.45) is 0 Å². The molecule has 0 fully saturated rings. The summed E-state index contributed by atoms with van der Waals surface area (Å²) >= 11 is 4.05. The van der Waals surface area contributed by atoms with Crippen molar-refractivity contribution in [3.63, 3.8) is 0 Å². The molecule has 0 aliphatic carbocycles. The lowest BCUT2D eigenvalue weighted by Crippen LogP contribution is -1.97. The molecule has 0 N–H and O–H groups in total. The number of nitriles is 2. The average molecular weight is 897 g/mol. The normalized spacial score (nSPS) is 9.48. The Bertz CT molecular complexity index is 1350. The number of nitrogens with zero attached hydrogens (tertiary/aromatic N) is 2. The molecule has 0 saturated heterocycles. The van der Waals surface area contributed by atoms with Gasteiger partial charge in [-0.3, -0.25) is 0 Å². The van der Waals surface area contributed by atoms with E-state index < -0.39 is 0 Å². The molecule has 0 aromatic heterocycles. The molecule has 0 atom stereocenters. The van der Waals surface area contributed by atoms with Crippen molar-refractivity contribution in [1.82, 2.24) is 0 Å². The van der Waals surface area contributed by atoms with Crippen LogP contribution in [-0.4, -0.2) is 13.2 Å². The van der Waals surface area contributed by atoms with Crippen molar-refractivity contribution < 1.29 is 9.47 Å². The van der Waals surface area contributed by atoms with E-state index in [9.17, 15) is 0 Å². The number of unbranched alkanes of at least 4 members (excludes halogenated alkanes) is 14. The largest absolute Gasteiger partial charge is 0.494 e. The molecule has 0 radical (unpaired) electrons. The van der Waals surface area contributed by atoms with E-state index in [1.165, 1.54) is 89.9 Å². The summed E-state index contributed by atoms with van der Waals surface area (Å²) in [4.78, 5) is 0. The maximum absolute atomic E-state index is 8.69. The number of halogens is 2. The van der Waals surface area contributed by atoms with Gasteiger partial charge in [0, 0.05) is 56.3 Å². The van der Waals surface area contributed by atoms with Crippen molar-refractivity contribution in [1.29, 1.82) is 10.5 Å². The van der Waals surface area contributed by atoms with Crippen LogP contribution in [0.3, 0.4) is 0 Å². The van der Waals surface area contributed by atoms with E-state index in [-0.39, 0.29) is 0 Å². The first-order chi connectivity index (χ1) is 24.6. The monoisotopic (exact) mass is 896 g/mol. The highest BCUT2D eigenvalue weighted by atomic mass is 127. The highest BCUT2D eigenvalue weighted by molar-refractivity contribution is 14.1. The van der Waals surface area contributed by atoms with Gasteiger partial charge in [0.25, 0.3) is 0 Å². The Labute approximate surface area is 331 Å². The quantitative estimate of drug-likeness (QED) is 0.0644. The van der Waals surface area contributed by atoms with Crippen LogP contribution in [-0.2, 0) is 0 Å². The molecule has 0 aliphatic rings. The highest BCUT2D eigenvalue weighted by Crippen LogP contribution is 2.15. The van der Waals surface area contributed by atoms with Crippen LogP contribution < -0.4 is 9.47 Å². The van der Waals surface area contributed by atoms with Crippen LogP contribution in [0.1, 0.15) is 139 Å². The Morgan fingerprint density at radius 3 is 0.980 bits per heavy atom. The minimum atomic E-state index is 0.680. The lowest BCUT2D eigenvalue weighted by atomic mass is 10.1. The molecule has 0 aliphatic heterocycles. The Morgan fingerprint density at radius 2 is 0.700 bits per heavy atom. The average Bonchev–Trinajstić information content (AvgIpc) is 3.15. The third-order valence-corrected chi connectivity index (χ3v) is 8.31. The molecule has 3 aromatic carbocycles. The molecule has 0 amide bonds. The van der Waals surface area contributed by atoms with E-state index in [1.54, 1.807) is 24.3 Å². The Morgan fingerprint density at radius 1 is 0.420 bits per heavy atom. The lowest BCUT2D eigenvalue weighted by molar-refractivity contribution is 0.304. The molecule has 0 saturated carbocycles. The van der Waals surface area contributed by atoms with E-state index in [4.69, 9.17) is 20.0 Å². The fraction of sp³-hybridized carbons (Fsp3) is 0.455. The van der Waals surface area contributed by atoms with Gasteiger partial charge in [0.2, 0.25) is 0 Å². The molecule has 266 valence electrons. The van der Waals surface area contributed by atoms with Crippen molar-refractivity contribution in [2.75, 3.05) is 13.2 Å². The van der Waals surface area contributed by atoms with Crippen LogP contribution in [0.15, 0.2) is 72.8 Å². The smallest absolute Gasteiger partial charge is 0.119 e. The van der Waals surface area contributed by atoms with Crippen LogP contribution in [0.25, 0.3) is 0 Å². The summed E-state index contributed by atoms with van der Waals surface area (Å²) in [6.45, 7) is 6.06. The molecule has 3 aromatic rings. The lowest BCUT2D eigenvalue weighted by Gasteiger charge is -2.06. The summed E-state index contributed by atoms with van der Waals surface area (Å²) in [6, 6.07) is 26.7. The molecule has 0 heterocycles. The van der Waals surface area contributed by atoms with E-state index in [0.29, 0.717) is 11.1 Å². The molecule has 50 heavy (non-hydrogen) atoms. The molecule has 0 bridgehead atoms. The highest BCUT2D eigenvalue weighted by Gasteiger charge is 1.97. The maximum Gasteiger partial charge on any atom is 0.119 e. The molecular weight excluding hydrogens is 842 g/mol. The zero-order valence-electron chi connectivity index (χ0n) is 30.1. The van der Waals surface area contributed by atoms with E-state index in [2.05, 4.69) is 45.7 Å². The van der Waals surface area contributed by atoms with E-state index >= 15 is 0 Å². The minimum Gasteiger partial charge on any atom is -0.494 e. The van der Waals surface area contributed by atoms with Gasteiger partial charge in [-0.15, -0.1) is 0 Å². The third kappa shape index (κ3) is 24.9. The first kappa shape index (κ1) is 44.8. The summed E-state index contributed by atoms with van der Waals surface area (Å²) in [5, 5.41) is 17.4. The molecule has 0 unspecified atom stereocenters. The molecule has 3 rings (SSSR count). The standard InChI is InChI=1S/2C17H25NO.C10H4I2/c2*1-2-3-4-5-6-7-8-9-14-19-17-12-10-16(15-18)11-13-17;11-7-5-9-1-2-10(4-3-9)6-8-12/h2*10-13H,2-9,14H2,1H3;1-4H. The van der Waals surface area contributed by atoms with Gasteiger partial charge in [-0.1, -0.05) is 116 Å². The molecule has 4 nitrogen and oxygen atoms in total. The van der Waals surface area contributed by atoms with Crippen LogP contribution in [0, 0.1) is 42.4 Å². The number of benzene rings is 3. The van der Waals surface area contributed by atoms with Crippen molar-refractivity contribution in [2.45, 2.75) is 117 Å². The van der Waals surface area contributed by atoms with Gasteiger partial charge in [0.1, 0.15) is 11.5 Å². The second-order valence-electron chi connectivity index (χ2n) is 11.9.